The highest BCUT2D eigenvalue weighted by Crippen LogP contribution is 2.27. The highest BCUT2D eigenvalue weighted by atomic mass is 19.1. The fourth-order valence-corrected chi connectivity index (χ4v) is 3.01. The number of aryl methyl sites for hydroxylation is 1. The van der Waals surface area contributed by atoms with Crippen molar-refractivity contribution in [2.75, 3.05) is 7.05 Å². The maximum atomic E-state index is 14.6. The highest BCUT2D eigenvalue weighted by molar-refractivity contribution is 5.92. The van der Waals surface area contributed by atoms with Gasteiger partial charge in [-0.1, -0.05) is 18.2 Å². The lowest BCUT2D eigenvalue weighted by Gasteiger charge is -1.97. The smallest absolute Gasteiger partial charge is 0.309 e. The normalized spacial score (nSPS) is 11.7. The number of nitrogens with one attached hydrogen (secondary N) is 3. The molecule has 8 heteroatoms. The third-order valence-electron chi connectivity index (χ3n) is 4.46. The molecule has 0 saturated heterocycles. The first-order chi connectivity index (χ1) is 13.5. The molecule has 2 heterocycles. The number of fused-ring (bicyclic) bond motifs is 1. The molecular weight excluding hydrogens is 362 g/mol. The lowest BCUT2D eigenvalue weighted by atomic mass is 10.1. The number of aromatic amines is 2. The Morgan fingerprint density at radius 3 is 2.68 bits per heavy atom. The van der Waals surface area contributed by atoms with Gasteiger partial charge < -0.3 is 5.32 Å². The zero-order chi connectivity index (χ0) is 19.7. The Morgan fingerprint density at radius 1 is 1.14 bits per heavy atom. The van der Waals surface area contributed by atoms with Crippen LogP contribution in [0.1, 0.15) is 17.1 Å². The number of halogens is 2. The Morgan fingerprint density at radius 2 is 1.93 bits per heavy atom. The lowest BCUT2D eigenvalue weighted by Crippen LogP contribution is -2.36. The first-order valence-electron chi connectivity index (χ1n) is 8.76. The summed E-state index contributed by atoms with van der Waals surface area (Å²) in [5, 5.41) is 13.7. The molecule has 0 aliphatic rings. The summed E-state index contributed by atoms with van der Waals surface area (Å²) in [5.41, 5.74) is 2.37. The molecule has 2 aromatic heterocycles. The molecule has 0 aliphatic carbocycles. The van der Waals surface area contributed by atoms with Gasteiger partial charge in [-0.2, -0.15) is 14.9 Å². The maximum Gasteiger partial charge on any atom is 0.333 e. The van der Waals surface area contributed by atoms with Crippen molar-refractivity contribution in [1.82, 2.24) is 25.6 Å². The second kappa shape index (κ2) is 7.32. The summed E-state index contributed by atoms with van der Waals surface area (Å²) in [6, 6.07) is 9.38. The van der Waals surface area contributed by atoms with Crippen molar-refractivity contribution in [3.05, 3.63) is 65.1 Å². The zero-order valence-corrected chi connectivity index (χ0v) is 15.4. The van der Waals surface area contributed by atoms with E-state index in [1.165, 1.54) is 18.2 Å². The molecule has 0 spiro atoms. The van der Waals surface area contributed by atoms with E-state index < -0.39 is 5.82 Å². The van der Waals surface area contributed by atoms with Crippen LogP contribution in [0.3, 0.4) is 0 Å². The number of hydrogen-bond donors (Lipinski definition) is 3. The quantitative estimate of drug-likeness (QED) is 0.466. The predicted molar refractivity (Wildman–Crippen MR) is 103 cm³/mol. The van der Waals surface area contributed by atoms with E-state index in [0.29, 0.717) is 29.0 Å². The first-order valence-corrected chi connectivity index (χ1v) is 8.76. The lowest BCUT2D eigenvalue weighted by molar-refractivity contribution is -0.734. The number of rotatable bonds is 5. The number of aromatic nitrogens is 5. The van der Waals surface area contributed by atoms with E-state index in [1.54, 1.807) is 22.9 Å². The van der Waals surface area contributed by atoms with Crippen molar-refractivity contribution in [2.45, 2.75) is 6.54 Å². The third-order valence-corrected chi connectivity index (χ3v) is 4.46. The number of nitrogens with zero attached hydrogens (tertiary/aromatic N) is 3. The first kappa shape index (κ1) is 18.0. The van der Waals surface area contributed by atoms with E-state index in [-0.39, 0.29) is 11.3 Å². The van der Waals surface area contributed by atoms with Crippen LogP contribution in [0, 0.1) is 11.6 Å². The number of hydrogen-bond acceptors (Lipinski definition) is 3. The highest BCUT2D eigenvalue weighted by Gasteiger charge is 2.20. The van der Waals surface area contributed by atoms with E-state index >= 15 is 0 Å². The Bertz CT molecular complexity index is 1160. The summed E-state index contributed by atoms with van der Waals surface area (Å²) in [7, 11) is 3.69. The minimum atomic E-state index is -0.431. The largest absolute Gasteiger partial charge is 0.333 e. The summed E-state index contributed by atoms with van der Waals surface area (Å²) in [6.45, 7) is 0.592. The van der Waals surface area contributed by atoms with Gasteiger partial charge in [0.15, 0.2) is 5.82 Å². The Kier molecular flexibility index (Phi) is 4.70. The van der Waals surface area contributed by atoms with Crippen LogP contribution in [0.25, 0.3) is 34.4 Å². The van der Waals surface area contributed by atoms with Gasteiger partial charge in [0.05, 0.1) is 11.3 Å². The second-order valence-electron chi connectivity index (χ2n) is 6.45. The molecule has 6 nitrogen and oxygen atoms in total. The van der Waals surface area contributed by atoms with E-state index in [1.807, 2.05) is 26.2 Å². The fraction of sp³-hybridized carbons (Fsp3) is 0.150. The fourth-order valence-electron chi connectivity index (χ4n) is 3.01. The molecule has 3 N–H and O–H groups in total. The topological polar surface area (TPSA) is 73.3 Å². The molecule has 2 aromatic carbocycles. The van der Waals surface area contributed by atoms with Gasteiger partial charge in [0.2, 0.25) is 0 Å². The van der Waals surface area contributed by atoms with Crippen molar-refractivity contribution in [1.29, 1.82) is 0 Å². The van der Waals surface area contributed by atoms with Crippen molar-refractivity contribution < 1.29 is 13.5 Å². The standard InChI is InChI=1S/C20H18F2N6/c1-23-11-18-24-20(27-28(18)2)13-9-15-17(25-26-19(15)16(22)10-13)8-5-12-3-6-14(21)7-4-12/h3-10,23H,11H2,1-2H3,(H,25,26,27)/p+1/b8-5+. The number of benzene rings is 2. The Balaban J connectivity index is 1.74. The van der Waals surface area contributed by atoms with Crippen LogP contribution in [0.2, 0.25) is 0 Å². The van der Waals surface area contributed by atoms with Gasteiger partial charge in [-0.05, 0) is 47.9 Å². The third kappa shape index (κ3) is 3.41. The van der Waals surface area contributed by atoms with Gasteiger partial charge in [0, 0.05) is 5.39 Å². The minimum absolute atomic E-state index is 0.258. The van der Waals surface area contributed by atoms with Crippen molar-refractivity contribution >= 4 is 23.1 Å². The van der Waals surface area contributed by atoms with E-state index in [0.717, 1.165) is 11.4 Å². The van der Waals surface area contributed by atoms with Gasteiger partial charge in [0.25, 0.3) is 5.82 Å². The van der Waals surface area contributed by atoms with E-state index in [4.69, 9.17) is 0 Å². The summed E-state index contributed by atoms with van der Waals surface area (Å²) >= 11 is 0. The van der Waals surface area contributed by atoms with Crippen LogP contribution in [-0.2, 0) is 13.6 Å². The van der Waals surface area contributed by atoms with Gasteiger partial charge in [-0.15, -0.1) is 0 Å². The molecule has 0 atom stereocenters. The average molecular weight is 381 g/mol. The van der Waals surface area contributed by atoms with E-state index in [2.05, 4.69) is 25.6 Å². The van der Waals surface area contributed by atoms with Crippen LogP contribution in [0.5, 0.6) is 0 Å². The van der Waals surface area contributed by atoms with Crippen molar-refractivity contribution in [3.8, 4) is 11.4 Å². The average Bonchev–Trinajstić information content (AvgIpc) is 3.26. The molecule has 28 heavy (non-hydrogen) atoms. The van der Waals surface area contributed by atoms with Crippen LogP contribution < -0.4 is 10.00 Å². The van der Waals surface area contributed by atoms with E-state index in [9.17, 15) is 8.78 Å². The molecule has 0 amide bonds. The summed E-state index contributed by atoms with van der Waals surface area (Å²) in [4.78, 5) is 4.53. The molecule has 0 aliphatic heterocycles. The van der Waals surface area contributed by atoms with Crippen LogP contribution in [-0.4, -0.2) is 27.3 Å². The number of H-pyrrole nitrogens is 2. The molecule has 4 aromatic rings. The van der Waals surface area contributed by atoms with Gasteiger partial charge >= 0.3 is 5.82 Å². The summed E-state index contributed by atoms with van der Waals surface area (Å²) in [5.74, 6) is 0.657. The predicted octanol–water partition coefficient (Wildman–Crippen LogP) is 2.95. The summed E-state index contributed by atoms with van der Waals surface area (Å²) in [6.07, 6.45) is 3.61. The molecule has 142 valence electrons. The van der Waals surface area contributed by atoms with Crippen LogP contribution in [0.4, 0.5) is 8.78 Å². The van der Waals surface area contributed by atoms with Gasteiger partial charge in [-0.25, -0.2) is 8.78 Å². The zero-order valence-electron chi connectivity index (χ0n) is 15.4. The minimum Gasteiger partial charge on any atom is -0.309 e. The maximum absolute atomic E-state index is 14.6. The molecular formula is C20H19F2N6+. The second-order valence-corrected chi connectivity index (χ2v) is 6.45. The SMILES string of the molecule is CNCc1nc(-c2cc(F)c3n[nH]c(/C=C/c4ccc(F)cc4)c3c2)[nH][n+]1C. The molecule has 0 radical (unpaired) electrons. The van der Waals surface area contributed by atoms with Crippen molar-refractivity contribution in [3.63, 3.8) is 0 Å². The molecule has 0 fully saturated rings. The monoisotopic (exact) mass is 381 g/mol. The molecule has 0 unspecified atom stereocenters. The Hall–Kier alpha value is -3.39. The van der Waals surface area contributed by atoms with Crippen LogP contribution >= 0.6 is 0 Å². The molecule has 4 rings (SSSR count). The molecule has 0 bridgehead atoms. The van der Waals surface area contributed by atoms with Gasteiger partial charge in [-0.3, -0.25) is 5.10 Å². The Labute approximate surface area is 159 Å². The summed E-state index contributed by atoms with van der Waals surface area (Å²) < 4.78 is 29.4. The van der Waals surface area contributed by atoms with Gasteiger partial charge in [0.1, 0.15) is 24.9 Å². The molecule has 0 saturated carbocycles. The van der Waals surface area contributed by atoms with Crippen molar-refractivity contribution in [2.24, 2.45) is 7.05 Å². The van der Waals surface area contributed by atoms with Crippen LogP contribution in [0.15, 0.2) is 36.4 Å².